The first kappa shape index (κ1) is 15.7. The molecule has 1 rings (SSSR count). The van der Waals surface area contributed by atoms with Crippen LogP contribution in [-0.4, -0.2) is 41.5 Å². The van der Waals surface area contributed by atoms with Gasteiger partial charge in [0.05, 0.1) is 6.42 Å². The lowest BCUT2D eigenvalue weighted by Gasteiger charge is -2.18. The average Bonchev–Trinajstić information content (AvgIpc) is 2.37. The molecule has 0 heterocycles. The third kappa shape index (κ3) is 5.00. The van der Waals surface area contributed by atoms with Crippen molar-refractivity contribution >= 4 is 27.8 Å². The van der Waals surface area contributed by atoms with Gasteiger partial charge in [-0.25, -0.2) is 0 Å². The Balaban J connectivity index is 2.47. The molecule has 0 saturated heterocycles. The van der Waals surface area contributed by atoms with Crippen molar-refractivity contribution in [3.05, 3.63) is 34.3 Å². The van der Waals surface area contributed by atoms with Crippen LogP contribution in [0.3, 0.4) is 0 Å². The maximum atomic E-state index is 11.7. The first-order valence-corrected chi connectivity index (χ1v) is 6.67. The van der Waals surface area contributed by atoms with E-state index in [0.29, 0.717) is 13.0 Å². The van der Waals surface area contributed by atoms with E-state index < -0.39 is 12.0 Å². The van der Waals surface area contributed by atoms with E-state index in [9.17, 15) is 9.59 Å². The van der Waals surface area contributed by atoms with Crippen molar-refractivity contribution in [2.45, 2.75) is 18.9 Å². The molecule has 19 heavy (non-hydrogen) atoms. The molecule has 1 amide bonds. The number of halogens is 1. The van der Waals surface area contributed by atoms with E-state index in [4.69, 9.17) is 10.8 Å². The van der Waals surface area contributed by atoms with Crippen molar-refractivity contribution in [1.29, 1.82) is 0 Å². The van der Waals surface area contributed by atoms with E-state index in [1.807, 2.05) is 24.3 Å². The van der Waals surface area contributed by atoms with Crippen LogP contribution in [-0.2, 0) is 16.0 Å². The van der Waals surface area contributed by atoms with Crippen LogP contribution in [0.1, 0.15) is 12.0 Å². The van der Waals surface area contributed by atoms with Crippen molar-refractivity contribution in [2.24, 2.45) is 5.73 Å². The van der Waals surface area contributed by atoms with E-state index in [0.717, 1.165) is 10.0 Å². The minimum Gasteiger partial charge on any atom is -0.480 e. The Morgan fingerprint density at radius 3 is 2.63 bits per heavy atom. The lowest BCUT2D eigenvalue weighted by Crippen LogP contribution is -2.38. The fourth-order valence-electron chi connectivity index (χ4n) is 1.55. The number of carbonyl (C=O) groups is 2. The summed E-state index contributed by atoms with van der Waals surface area (Å²) in [4.78, 5) is 23.8. The van der Waals surface area contributed by atoms with Crippen molar-refractivity contribution < 1.29 is 14.7 Å². The van der Waals surface area contributed by atoms with Gasteiger partial charge in [0.1, 0.15) is 6.04 Å². The quantitative estimate of drug-likeness (QED) is 0.823. The summed E-state index contributed by atoms with van der Waals surface area (Å²) in [5.41, 5.74) is 6.43. The zero-order valence-corrected chi connectivity index (χ0v) is 12.3. The number of carboxylic acids is 1. The van der Waals surface area contributed by atoms with Gasteiger partial charge in [0.25, 0.3) is 0 Å². The van der Waals surface area contributed by atoms with Crippen LogP contribution in [0.5, 0.6) is 0 Å². The number of carboxylic acid groups (broad SMARTS) is 1. The van der Waals surface area contributed by atoms with Gasteiger partial charge in [-0.1, -0.05) is 34.1 Å². The standard InChI is InChI=1S/C13H17BrN2O3/c1-16(12(17)8-11(15)13(18)19)7-6-9-4-2-3-5-10(9)14/h2-5,11H,6-8,15H2,1H3,(H,18,19). The molecule has 0 aliphatic carbocycles. The summed E-state index contributed by atoms with van der Waals surface area (Å²) >= 11 is 3.44. The number of hydrogen-bond donors (Lipinski definition) is 2. The summed E-state index contributed by atoms with van der Waals surface area (Å²) in [6.45, 7) is 0.522. The highest BCUT2D eigenvalue weighted by Crippen LogP contribution is 2.16. The molecule has 1 unspecified atom stereocenters. The number of hydrogen-bond acceptors (Lipinski definition) is 3. The van der Waals surface area contributed by atoms with Gasteiger partial charge >= 0.3 is 5.97 Å². The second-order valence-corrected chi connectivity index (χ2v) is 5.16. The van der Waals surface area contributed by atoms with Crippen molar-refractivity contribution in [3.63, 3.8) is 0 Å². The number of likely N-dealkylation sites (N-methyl/N-ethyl adjacent to an activating group) is 1. The molecule has 5 nitrogen and oxygen atoms in total. The van der Waals surface area contributed by atoms with Gasteiger partial charge in [-0.2, -0.15) is 0 Å². The van der Waals surface area contributed by atoms with Crippen molar-refractivity contribution in [1.82, 2.24) is 4.90 Å². The van der Waals surface area contributed by atoms with Gasteiger partial charge in [0.2, 0.25) is 5.91 Å². The molecular formula is C13H17BrN2O3. The SMILES string of the molecule is CN(CCc1ccccc1Br)C(=O)CC(N)C(=O)O. The molecule has 3 N–H and O–H groups in total. The molecule has 104 valence electrons. The highest BCUT2D eigenvalue weighted by molar-refractivity contribution is 9.10. The summed E-state index contributed by atoms with van der Waals surface area (Å²) in [6, 6.07) is 6.64. The van der Waals surface area contributed by atoms with Crippen LogP contribution in [0.4, 0.5) is 0 Å². The maximum Gasteiger partial charge on any atom is 0.321 e. The number of amides is 1. The maximum absolute atomic E-state index is 11.7. The number of benzene rings is 1. The van der Waals surface area contributed by atoms with Crippen molar-refractivity contribution in [3.8, 4) is 0 Å². The third-order valence-electron chi connectivity index (χ3n) is 2.81. The molecule has 1 atom stereocenters. The van der Waals surface area contributed by atoms with E-state index in [1.54, 1.807) is 7.05 Å². The molecule has 0 bridgehead atoms. The number of nitrogens with two attached hydrogens (primary N) is 1. The van der Waals surface area contributed by atoms with Crippen LogP contribution >= 0.6 is 15.9 Å². The number of carbonyl (C=O) groups excluding carboxylic acids is 1. The van der Waals surface area contributed by atoms with E-state index in [-0.39, 0.29) is 12.3 Å². The van der Waals surface area contributed by atoms with Gasteiger partial charge in [0.15, 0.2) is 0 Å². The molecule has 0 aliphatic heterocycles. The van der Waals surface area contributed by atoms with Crippen LogP contribution in [0.25, 0.3) is 0 Å². The number of aliphatic carboxylic acids is 1. The summed E-state index contributed by atoms with van der Waals surface area (Å²) < 4.78 is 0.998. The van der Waals surface area contributed by atoms with Crippen LogP contribution < -0.4 is 5.73 Å². The Kier molecular flexibility index (Phi) is 5.98. The van der Waals surface area contributed by atoms with Crippen LogP contribution in [0, 0.1) is 0 Å². The third-order valence-corrected chi connectivity index (χ3v) is 3.59. The number of rotatable bonds is 6. The average molecular weight is 329 g/mol. The van der Waals surface area contributed by atoms with E-state index >= 15 is 0 Å². The molecular weight excluding hydrogens is 312 g/mol. The molecule has 0 radical (unpaired) electrons. The second kappa shape index (κ2) is 7.25. The summed E-state index contributed by atoms with van der Waals surface area (Å²) in [7, 11) is 1.65. The van der Waals surface area contributed by atoms with Gasteiger partial charge in [-0.15, -0.1) is 0 Å². The largest absolute Gasteiger partial charge is 0.480 e. The lowest BCUT2D eigenvalue weighted by atomic mass is 10.1. The molecule has 6 heteroatoms. The van der Waals surface area contributed by atoms with Gasteiger partial charge in [-0.05, 0) is 18.1 Å². The smallest absolute Gasteiger partial charge is 0.321 e. The highest BCUT2D eigenvalue weighted by Gasteiger charge is 2.18. The Morgan fingerprint density at radius 1 is 1.42 bits per heavy atom. The lowest BCUT2D eigenvalue weighted by molar-refractivity contribution is -0.142. The number of nitrogens with zero attached hydrogens (tertiary/aromatic N) is 1. The zero-order chi connectivity index (χ0) is 14.4. The summed E-state index contributed by atoms with van der Waals surface area (Å²) in [5.74, 6) is -1.42. The zero-order valence-electron chi connectivity index (χ0n) is 10.7. The van der Waals surface area contributed by atoms with Crippen molar-refractivity contribution in [2.75, 3.05) is 13.6 Å². The normalized spacial score (nSPS) is 11.9. The Morgan fingerprint density at radius 2 is 2.05 bits per heavy atom. The molecule has 0 aliphatic rings. The van der Waals surface area contributed by atoms with Gasteiger partial charge in [0, 0.05) is 18.1 Å². The monoisotopic (exact) mass is 328 g/mol. The fraction of sp³-hybridized carbons (Fsp3) is 0.385. The molecule has 1 aromatic rings. The molecule has 1 aromatic carbocycles. The summed E-state index contributed by atoms with van der Waals surface area (Å²) in [6.07, 6.45) is 0.522. The molecule has 0 spiro atoms. The highest BCUT2D eigenvalue weighted by atomic mass is 79.9. The molecule has 0 fully saturated rings. The fourth-order valence-corrected chi connectivity index (χ4v) is 2.03. The minimum absolute atomic E-state index is 0.179. The van der Waals surface area contributed by atoms with Gasteiger partial charge in [-0.3, -0.25) is 9.59 Å². The topological polar surface area (TPSA) is 83.6 Å². The Labute approximate surface area is 120 Å². The first-order valence-electron chi connectivity index (χ1n) is 5.87. The first-order chi connectivity index (χ1) is 8.91. The van der Waals surface area contributed by atoms with Crippen LogP contribution in [0.2, 0.25) is 0 Å². The predicted octanol–water partition coefficient (Wildman–Crippen LogP) is 1.25. The minimum atomic E-state index is -1.16. The van der Waals surface area contributed by atoms with Gasteiger partial charge < -0.3 is 15.7 Å². The molecule has 0 aromatic heterocycles. The molecule has 0 saturated carbocycles. The summed E-state index contributed by atoms with van der Waals surface area (Å²) in [5, 5.41) is 8.66. The predicted molar refractivity (Wildman–Crippen MR) is 75.7 cm³/mol. The van der Waals surface area contributed by atoms with E-state index in [2.05, 4.69) is 15.9 Å². The Hall–Kier alpha value is -1.40. The van der Waals surface area contributed by atoms with E-state index in [1.165, 1.54) is 4.90 Å². The van der Waals surface area contributed by atoms with Crippen LogP contribution in [0.15, 0.2) is 28.7 Å². The Bertz CT molecular complexity index is 465. The second-order valence-electron chi connectivity index (χ2n) is 4.31.